The molecule has 1 amide bonds. The molecule has 0 aromatic rings. The smallest absolute Gasteiger partial charge is 0.239 e. The van der Waals surface area contributed by atoms with E-state index in [1.807, 2.05) is 20.9 Å². The quantitative estimate of drug-likeness (QED) is 0.741. The van der Waals surface area contributed by atoms with E-state index >= 15 is 0 Å². The lowest BCUT2D eigenvalue weighted by molar-refractivity contribution is -0.127. The molecule has 1 saturated carbocycles. The van der Waals surface area contributed by atoms with Crippen LogP contribution in [0.1, 0.15) is 59.3 Å². The fourth-order valence-corrected chi connectivity index (χ4v) is 2.43. The first-order valence-electron chi connectivity index (χ1n) is 6.97. The van der Waals surface area contributed by atoms with Gasteiger partial charge in [-0.15, -0.1) is 0 Å². The van der Waals surface area contributed by atoms with E-state index in [2.05, 4.69) is 17.6 Å². The molecule has 3 heteroatoms. The fourth-order valence-electron chi connectivity index (χ4n) is 2.43. The van der Waals surface area contributed by atoms with Gasteiger partial charge in [0.15, 0.2) is 0 Å². The summed E-state index contributed by atoms with van der Waals surface area (Å²) in [5, 5.41) is 6.22. The fraction of sp³-hybridized carbons (Fsp3) is 0.929. The Hall–Kier alpha value is -0.570. The monoisotopic (exact) mass is 240 g/mol. The Labute approximate surface area is 106 Å². The number of likely N-dealkylation sites (N-methyl/N-ethyl adjacent to an activating group) is 1. The predicted octanol–water partition coefficient (Wildman–Crippen LogP) is 2.46. The molecule has 0 aromatic carbocycles. The number of nitrogens with one attached hydrogen (secondary N) is 2. The van der Waals surface area contributed by atoms with Crippen molar-refractivity contribution in [2.75, 3.05) is 7.05 Å². The maximum absolute atomic E-state index is 12.1. The van der Waals surface area contributed by atoms with Crippen molar-refractivity contribution in [2.24, 2.45) is 5.92 Å². The maximum atomic E-state index is 12.1. The van der Waals surface area contributed by atoms with Crippen LogP contribution >= 0.6 is 0 Å². The van der Waals surface area contributed by atoms with Gasteiger partial charge in [0.1, 0.15) is 0 Å². The summed E-state index contributed by atoms with van der Waals surface area (Å²) in [5.41, 5.74) is -0.473. The van der Waals surface area contributed by atoms with Crippen LogP contribution in [0.3, 0.4) is 0 Å². The minimum Gasteiger partial charge on any atom is -0.352 e. The van der Waals surface area contributed by atoms with E-state index in [1.54, 1.807) is 0 Å². The van der Waals surface area contributed by atoms with Gasteiger partial charge in [0, 0.05) is 6.04 Å². The van der Waals surface area contributed by atoms with Crippen molar-refractivity contribution >= 4 is 5.91 Å². The predicted molar refractivity (Wildman–Crippen MR) is 71.9 cm³/mol. The van der Waals surface area contributed by atoms with Crippen molar-refractivity contribution in [2.45, 2.75) is 70.9 Å². The summed E-state index contributed by atoms with van der Waals surface area (Å²) < 4.78 is 0. The van der Waals surface area contributed by atoms with Crippen LogP contribution in [0.15, 0.2) is 0 Å². The van der Waals surface area contributed by atoms with Gasteiger partial charge in [-0.25, -0.2) is 0 Å². The minimum absolute atomic E-state index is 0.108. The summed E-state index contributed by atoms with van der Waals surface area (Å²) in [6.07, 6.45) is 7.89. The van der Waals surface area contributed by atoms with Crippen LogP contribution in [0.5, 0.6) is 0 Å². The second kappa shape index (κ2) is 6.39. The Morgan fingerprint density at radius 3 is 2.18 bits per heavy atom. The van der Waals surface area contributed by atoms with Gasteiger partial charge in [-0.2, -0.15) is 0 Å². The number of carbonyl (C=O) groups excluding carboxylic acids is 1. The third-order valence-electron chi connectivity index (χ3n) is 4.16. The lowest BCUT2D eigenvalue weighted by Gasteiger charge is -2.29. The standard InChI is InChI=1S/C14H28N2O/c1-11(12-9-7-5-6-8-10-12)16-13(17)14(2,3)15-4/h11-12,15H,5-10H2,1-4H3,(H,16,17)/t11-/m0/s1. The molecule has 0 heterocycles. The van der Waals surface area contributed by atoms with Crippen molar-refractivity contribution in [3.8, 4) is 0 Å². The van der Waals surface area contributed by atoms with Gasteiger partial charge in [0.2, 0.25) is 5.91 Å². The Bertz CT molecular complexity index is 243. The third-order valence-corrected chi connectivity index (χ3v) is 4.16. The molecule has 1 aliphatic rings. The zero-order valence-electron chi connectivity index (χ0n) is 11.8. The van der Waals surface area contributed by atoms with Gasteiger partial charge in [-0.1, -0.05) is 25.7 Å². The average Bonchev–Trinajstić information content (AvgIpc) is 2.57. The van der Waals surface area contributed by atoms with Gasteiger partial charge in [0.05, 0.1) is 5.54 Å². The number of amides is 1. The van der Waals surface area contributed by atoms with Gasteiger partial charge in [0.25, 0.3) is 0 Å². The number of hydrogen-bond donors (Lipinski definition) is 2. The summed E-state index contributed by atoms with van der Waals surface area (Å²) in [7, 11) is 1.83. The molecule has 1 atom stereocenters. The van der Waals surface area contributed by atoms with E-state index in [4.69, 9.17) is 0 Å². The molecule has 0 aromatic heterocycles. The summed E-state index contributed by atoms with van der Waals surface area (Å²) in [4.78, 5) is 12.1. The molecule has 100 valence electrons. The molecule has 17 heavy (non-hydrogen) atoms. The number of hydrogen-bond acceptors (Lipinski definition) is 2. The van der Waals surface area contributed by atoms with Crippen molar-refractivity contribution in [3.63, 3.8) is 0 Å². The zero-order valence-corrected chi connectivity index (χ0v) is 11.8. The van der Waals surface area contributed by atoms with Gasteiger partial charge >= 0.3 is 0 Å². The van der Waals surface area contributed by atoms with E-state index in [-0.39, 0.29) is 5.91 Å². The van der Waals surface area contributed by atoms with Gasteiger partial charge in [-0.3, -0.25) is 4.79 Å². The molecular formula is C14H28N2O. The third kappa shape index (κ3) is 4.30. The molecule has 1 fully saturated rings. The van der Waals surface area contributed by atoms with Crippen molar-refractivity contribution in [3.05, 3.63) is 0 Å². The largest absolute Gasteiger partial charge is 0.352 e. The van der Waals surface area contributed by atoms with Crippen LogP contribution in [-0.4, -0.2) is 24.5 Å². The molecule has 2 N–H and O–H groups in total. The highest BCUT2D eigenvalue weighted by atomic mass is 16.2. The molecule has 3 nitrogen and oxygen atoms in total. The molecule has 0 unspecified atom stereocenters. The summed E-state index contributed by atoms with van der Waals surface area (Å²) >= 11 is 0. The number of rotatable bonds is 4. The molecule has 0 bridgehead atoms. The van der Waals surface area contributed by atoms with E-state index in [0.717, 1.165) is 0 Å². The molecular weight excluding hydrogens is 212 g/mol. The molecule has 0 saturated heterocycles. The Morgan fingerprint density at radius 2 is 1.71 bits per heavy atom. The molecule has 0 radical (unpaired) electrons. The van der Waals surface area contributed by atoms with E-state index < -0.39 is 5.54 Å². The maximum Gasteiger partial charge on any atom is 0.239 e. The van der Waals surface area contributed by atoms with Crippen molar-refractivity contribution < 1.29 is 4.79 Å². The van der Waals surface area contributed by atoms with Crippen molar-refractivity contribution in [1.82, 2.24) is 10.6 Å². The lowest BCUT2D eigenvalue weighted by atomic mass is 9.92. The molecule has 0 spiro atoms. The summed E-state index contributed by atoms with van der Waals surface area (Å²) in [6.45, 7) is 5.99. The normalized spacial score (nSPS) is 20.7. The lowest BCUT2D eigenvalue weighted by Crippen LogP contribution is -2.54. The molecule has 1 aliphatic carbocycles. The first kappa shape index (κ1) is 14.5. The summed E-state index contributed by atoms with van der Waals surface area (Å²) in [5.74, 6) is 0.769. The highest BCUT2D eigenvalue weighted by Crippen LogP contribution is 2.25. The van der Waals surface area contributed by atoms with Gasteiger partial charge < -0.3 is 10.6 Å². The zero-order chi connectivity index (χ0) is 12.9. The van der Waals surface area contributed by atoms with Crippen LogP contribution in [0.4, 0.5) is 0 Å². The topological polar surface area (TPSA) is 41.1 Å². The average molecular weight is 240 g/mol. The van der Waals surface area contributed by atoms with E-state index in [9.17, 15) is 4.79 Å². The number of carbonyl (C=O) groups is 1. The summed E-state index contributed by atoms with van der Waals surface area (Å²) in [6, 6.07) is 0.299. The SMILES string of the molecule is CNC(C)(C)C(=O)N[C@@H](C)C1CCCCCC1. The van der Waals surface area contributed by atoms with Crippen LogP contribution < -0.4 is 10.6 Å². The van der Waals surface area contributed by atoms with E-state index in [1.165, 1.54) is 38.5 Å². The van der Waals surface area contributed by atoms with Crippen LogP contribution in [0, 0.1) is 5.92 Å². The van der Waals surface area contributed by atoms with Gasteiger partial charge in [-0.05, 0) is 46.6 Å². The highest BCUT2D eigenvalue weighted by Gasteiger charge is 2.28. The first-order chi connectivity index (χ1) is 7.97. The van der Waals surface area contributed by atoms with Crippen LogP contribution in [0.2, 0.25) is 0 Å². The van der Waals surface area contributed by atoms with Crippen LogP contribution in [0.25, 0.3) is 0 Å². The molecule has 1 rings (SSSR count). The Balaban J connectivity index is 2.47. The second-order valence-electron chi connectivity index (χ2n) is 5.89. The second-order valence-corrected chi connectivity index (χ2v) is 5.89. The molecule has 0 aliphatic heterocycles. The Morgan fingerprint density at radius 1 is 1.18 bits per heavy atom. The highest BCUT2D eigenvalue weighted by molar-refractivity contribution is 5.85. The van der Waals surface area contributed by atoms with Crippen molar-refractivity contribution in [1.29, 1.82) is 0 Å². The van der Waals surface area contributed by atoms with E-state index in [0.29, 0.717) is 12.0 Å². The van der Waals surface area contributed by atoms with Crippen LogP contribution in [-0.2, 0) is 4.79 Å². The Kier molecular flexibility index (Phi) is 5.44. The minimum atomic E-state index is -0.473. The first-order valence-corrected chi connectivity index (χ1v) is 6.97.